The molecule has 0 bridgehead atoms. The van der Waals surface area contributed by atoms with Gasteiger partial charge >= 0.3 is 5.97 Å². The lowest BCUT2D eigenvalue weighted by Gasteiger charge is -2.14. The number of carbonyl (C=O) groups is 2. The summed E-state index contributed by atoms with van der Waals surface area (Å²) in [5.74, 6) is -1.26. The summed E-state index contributed by atoms with van der Waals surface area (Å²) in [6.45, 7) is 5.88. The zero-order valence-corrected chi connectivity index (χ0v) is 12.5. The predicted molar refractivity (Wildman–Crippen MR) is 75.7 cm³/mol. The van der Waals surface area contributed by atoms with Gasteiger partial charge in [-0.3, -0.25) is 9.48 Å². The third kappa shape index (κ3) is 4.08. The number of aliphatic carboxylic acids is 1. The van der Waals surface area contributed by atoms with Gasteiger partial charge in [-0.05, 0) is 12.3 Å². The first-order chi connectivity index (χ1) is 9.36. The van der Waals surface area contributed by atoms with Crippen LogP contribution in [0.4, 0.5) is 0 Å². The standard InChI is InChI=1S/C14H23N3O3/c1-5-6-7-11(14(19)20)15-13(18)10-8-17(4)16-12(10)9(2)3/h8-9,11H,5-7H2,1-4H3,(H,15,18)(H,19,20)/t11-/m0/s1. The Bertz CT molecular complexity index is 480. The molecule has 112 valence electrons. The third-order valence-corrected chi connectivity index (χ3v) is 3.10. The largest absolute Gasteiger partial charge is 0.480 e. The van der Waals surface area contributed by atoms with Gasteiger partial charge in [-0.1, -0.05) is 33.6 Å². The Morgan fingerprint density at radius 2 is 2.10 bits per heavy atom. The van der Waals surface area contributed by atoms with Crippen LogP contribution in [0.25, 0.3) is 0 Å². The van der Waals surface area contributed by atoms with Crippen LogP contribution >= 0.6 is 0 Å². The van der Waals surface area contributed by atoms with Gasteiger partial charge in [0.25, 0.3) is 5.91 Å². The number of hydrogen-bond donors (Lipinski definition) is 2. The Labute approximate surface area is 119 Å². The summed E-state index contributed by atoms with van der Waals surface area (Å²) in [6, 6.07) is -0.845. The average molecular weight is 281 g/mol. The van der Waals surface area contributed by atoms with E-state index in [1.807, 2.05) is 20.8 Å². The molecule has 0 spiro atoms. The van der Waals surface area contributed by atoms with E-state index in [9.17, 15) is 9.59 Å². The second-order valence-electron chi connectivity index (χ2n) is 5.26. The van der Waals surface area contributed by atoms with Gasteiger partial charge in [0.2, 0.25) is 0 Å². The minimum absolute atomic E-state index is 0.107. The van der Waals surface area contributed by atoms with Gasteiger partial charge in [0.1, 0.15) is 6.04 Å². The quantitative estimate of drug-likeness (QED) is 0.799. The maximum atomic E-state index is 12.2. The van der Waals surface area contributed by atoms with Gasteiger partial charge in [-0.25, -0.2) is 4.79 Å². The first kappa shape index (κ1) is 16.2. The van der Waals surface area contributed by atoms with Crippen molar-refractivity contribution in [2.75, 3.05) is 0 Å². The molecule has 1 aromatic rings. The zero-order chi connectivity index (χ0) is 15.3. The fourth-order valence-electron chi connectivity index (χ4n) is 2.01. The zero-order valence-electron chi connectivity index (χ0n) is 12.5. The van der Waals surface area contributed by atoms with Crippen LogP contribution in [0.3, 0.4) is 0 Å². The molecule has 0 radical (unpaired) electrons. The number of hydrogen-bond acceptors (Lipinski definition) is 3. The molecule has 0 aliphatic heterocycles. The normalized spacial score (nSPS) is 12.4. The van der Waals surface area contributed by atoms with E-state index in [-0.39, 0.29) is 11.8 Å². The van der Waals surface area contributed by atoms with Gasteiger partial charge in [-0.15, -0.1) is 0 Å². The molecule has 1 heterocycles. The summed E-state index contributed by atoms with van der Waals surface area (Å²) < 4.78 is 1.58. The van der Waals surface area contributed by atoms with Gasteiger partial charge in [0.15, 0.2) is 0 Å². The molecule has 2 N–H and O–H groups in total. The van der Waals surface area contributed by atoms with Crippen molar-refractivity contribution in [1.29, 1.82) is 0 Å². The fraction of sp³-hybridized carbons (Fsp3) is 0.643. The molecule has 1 aromatic heterocycles. The highest BCUT2D eigenvalue weighted by molar-refractivity contribution is 5.97. The number of carbonyl (C=O) groups excluding carboxylic acids is 1. The van der Waals surface area contributed by atoms with Gasteiger partial charge in [-0.2, -0.15) is 5.10 Å². The molecule has 0 saturated carbocycles. The van der Waals surface area contributed by atoms with E-state index in [0.717, 1.165) is 12.8 Å². The number of unbranched alkanes of at least 4 members (excludes halogenated alkanes) is 1. The highest BCUT2D eigenvalue weighted by Gasteiger charge is 2.23. The van der Waals surface area contributed by atoms with Crippen molar-refractivity contribution >= 4 is 11.9 Å². The van der Waals surface area contributed by atoms with Crippen LogP contribution in [0.5, 0.6) is 0 Å². The van der Waals surface area contributed by atoms with Crippen molar-refractivity contribution in [2.45, 2.75) is 52.0 Å². The SMILES string of the molecule is CCCC[C@H](NC(=O)c1cn(C)nc1C(C)C)C(=O)O. The monoisotopic (exact) mass is 281 g/mol. The summed E-state index contributed by atoms with van der Waals surface area (Å²) in [5, 5.41) is 16.0. The smallest absolute Gasteiger partial charge is 0.326 e. The summed E-state index contributed by atoms with van der Waals surface area (Å²) in [7, 11) is 1.74. The van der Waals surface area contributed by atoms with E-state index in [1.54, 1.807) is 17.9 Å². The molecule has 20 heavy (non-hydrogen) atoms. The van der Waals surface area contributed by atoms with Crippen LogP contribution in [0.2, 0.25) is 0 Å². The van der Waals surface area contributed by atoms with Gasteiger partial charge < -0.3 is 10.4 Å². The molecule has 0 unspecified atom stereocenters. The average Bonchev–Trinajstić information content (AvgIpc) is 2.76. The van der Waals surface area contributed by atoms with E-state index >= 15 is 0 Å². The molecule has 0 aliphatic carbocycles. The predicted octanol–water partition coefficient (Wildman–Crippen LogP) is 1.92. The lowest BCUT2D eigenvalue weighted by molar-refractivity contribution is -0.139. The van der Waals surface area contributed by atoms with Gasteiger partial charge in [0, 0.05) is 13.2 Å². The summed E-state index contributed by atoms with van der Waals surface area (Å²) >= 11 is 0. The first-order valence-electron chi connectivity index (χ1n) is 6.94. The van der Waals surface area contributed by atoms with Crippen molar-refractivity contribution in [1.82, 2.24) is 15.1 Å². The molecular weight excluding hydrogens is 258 g/mol. The second kappa shape index (κ2) is 7.07. The molecule has 6 nitrogen and oxygen atoms in total. The topological polar surface area (TPSA) is 84.2 Å². The van der Waals surface area contributed by atoms with Crippen molar-refractivity contribution in [2.24, 2.45) is 7.05 Å². The lowest BCUT2D eigenvalue weighted by Crippen LogP contribution is -2.41. The fourth-order valence-corrected chi connectivity index (χ4v) is 2.01. The summed E-state index contributed by atoms with van der Waals surface area (Å²) in [5.41, 5.74) is 1.13. The summed E-state index contributed by atoms with van der Waals surface area (Å²) in [6.07, 6.45) is 3.73. The Kier molecular flexibility index (Phi) is 5.73. The second-order valence-corrected chi connectivity index (χ2v) is 5.26. The Morgan fingerprint density at radius 3 is 2.60 bits per heavy atom. The Balaban J connectivity index is 2.86. The molecule has 0 aliphatic rings. The van der Waals surface area contributed by atoms with Crippen LogP contribution in [0.15, 0.2) is 6.20 Å². The molecule has 6 heteroatoms. The molecular formula is C14H23N3O3. The number of aromatic nitrogens is 2. The minimum atomic E-state index is -0.998. The number of carboxylic acids is 1. The van der Waals surface area contributed by atoms with Crippen LogP contribution in [-0.2, 0) is 11.8 Å². The third-order valence-electron chi connectivity index (χ3n) is 3.10. The summed E-state index contributed by atoms with van der Waals surface area (Å²) in [4.78, 5) is 23.4. The highest BCUT2D eigenvalue weighted by Crippen LogP contribution is 2.17. The molecule has 0 saturated heterocycles. The minimum Gasteiger partial charge on any atom is -0.480 e. The number of carboxylic acid groups (broad SMARTS) is 1. The molecule has 0 fully saturated rings. The number of nitrogens with one attached hydrogen (secondary N) is 1. The lowest BCUT2D eigenvalue weighted by atomic mass is 10.0. The van der Waals surface area contributed by atoms with Crippen molar-refractivity contribution in [3.63, 3.8) is 0 Å². The van der Waals surface area contributed by atoms with Gasteiger partial charge in [0.05, 0.1) is 11.3 Å². The van der Waals surface area contributed by atoms with E-state index in [4.69, 9.17) is 5.11 Å². The van der Waals surface area contributed by atoms with Crippen LogP contribution in [0.1, 0.15) is 62.0 Å². The van der Waals surface area contributed by atoms with E-state index in [1.165, 1.54) is 0 Å². The maximum absolute atomic E-state index is 12.2. The Hall–Kier alpha value is -1.85. The number of aryl methyl sites for hydroxylation is 1. The van der Waals surface area contributed by atoms with Crippen LogP contribution in [-0.4, -0.2) is 32.8 Å². The van der Waals surface area contributed by atoms with Crippen LogP contribution < -0.4 is 5.32 Å². The highest BCUT2D eigenvalue weighted by atomic mass is 16.4. The van der Waals surface area contributed by atoms with Crippen molar-refractivity contribution in [3.8, 4) is 0 Å². The van der Waals surface area contributed by atoms with Crippen molar-refractivity contribution < 1.29 is 14.7 Å². The van der Waals surface area contributed by atoms with Crippen LogP contribution in [0, 0.1) is 0 Å². The molecule has 1 amide bonds. The number of nitrogens with zero attached hydrogens (tertiary/aromatic N) is 2. The van der Waals surface area contributed by atoms with E-state index in [0.29, 0.717) is 17.7 Å². The number of rotatable bonds is 7. The van der Waals surface area contributed by atoms with E-state index < -0.39 is 12.0 Å². The maximum Gasteiger partial charge on any atom is 0.326 e. The number of amides is 1. The molecule has 1 rings (SSSR count). The Morgan fingerprint density at radius 1 is 1.45 bits per heavy atom. The first-order valence-corrected chi connectivity index (χ1v) is 6.94. The van der Waals surface area contributed by atoms with Crippen molar-refractivity contribution in [3.05, 3.63) is 17.5 Å². The molecule has 1 atom stereocenters. The van der Waals surface area contributed by atoms with E-state index in [2.05, 4.69) is 10.4 Å². The molecule has 0 aromatic carbocycles.